The second kappa shape index (κ2) is 23.0. The van der Waals surface area contributed by atoms with E-state index in [1.54, 1.807) is 0 Å². The summed E-state index contributed by atoms with van der Waals surface area (Å²) in [5.74, 6) is -0.806. The van der Waals surface area contributed by atoms with Crippen LogP contribution in [0.4, 0.5) is 11.9 Å². The van der Waals surface area contributed by atoms with Gasteiger partial charge in [-0.2, -0.15) is 0 Å². The molecule has 71 heavy (non-hydrogen) atoms. The number of nitrogens with one attached hydrogen (secondary N) is 3. The molecule has 0 aliphatic carbocycles. The third-order valence-corrected chi connectivity index (χ3v) is 16.6. The van der Waals surface area contributed by atoms with Gasteiger partial charge in [-0.3, -0.25) is 41.3 Å². The van der Waals surface area contributed by atoms with Crippen LogP contribution in [0.5, 0.6) is 0 Å². The quantitative estimate of drug-likeness (QED) is 0.0273. The number of hydrogen-bond acceptors (Lipinski definition) is 34. The fraction of sp³-hybridized carbons (Fsp3) is 0.542. The Bertz CT molecular complexity index is 3000. The van der Waals surface area contributed by atoms with Crippen LogP contribution in [0.1, 0.15) is 12.5 Å². The molecule has 0 spiro atoms. The van der Waals surface area contributed by atoms with Crippen LogP contribution in [0.3, 0.4) is 0 Å². The number of anilines is 2. The minimum absolute atomic E-state index is 0.0104. The summed E-state index contributed by atoms with van der Waals surface area (Å²) in [5, 5.41) is 33.7. The molecule has 2 aliphatic heterocycles. The molecule has 1 amide bonds. The first kappa shape index (κ1) is 59.0. The lowest BCUT2D eigenvalue weighted by Gasteiger charge is -2.33. The molecule has 2 saturated heterocycles. The van der Waals surface area contributed by atoms with Crippen molar-refractivity contribution in [3.8, 4) is 0 Å². The van der Waals surface area contributed by atoms with Gasteiger partial charge < -0.3 is 110 Å². The minimum atomic E-state index is -6.15. The van der Waals surface area contributed by atoms with Crippen molar-refractivity contribution < 1.29 is 127 Å². The standard InChI is InChI=1S/C14H24N7O14P3S.C10H16N5O13P3S/c15-1-2-17-7(22)4-31-10-9(23)6(3-32-37(27,28)35-38(29,30)34-36(24,25)26)33-13(10)21-5-18-8-11(21)19-14(16)20-12(8)39;11-10-13-7-4(8(32)14-10)12-2-15(7)9-6(17)5(16)3(26-9)1-25-30(21,22)28-31(23,24)27-29(18,19)20/h5-6,9-10,13,23H,1-4,15H2,(H,17,22)(H,27,28)(H,29,30)(H2,24,25,26)(H3,16,19,20,39);2-3,5-6,9,16-17H,1H2,(H,21,22)(H,23,24)(H2,18,19,20)(H3,11,13,14,32)/p-6/t6-,9?,10+,13-;3-,5?,6+,9-/m11/s1. The van der Waals surface area contributed by atoms with Crippen molar-refractivity contribution in [2.45, 2.75) is 49.1 Å². The number of fused-ring (bicyclic) bond motifs is 2. The molecule has 4 aromatic rings. The highest BCUT2D eigenvalue weighted by atomic mass is 32.1. The van der Waals surface area contributed by atoms with E-state index < -0.39 is 122 Å². The summed E-state index contributed by atoms with van der Waals surface area (Å²) in [6, 6.07) is 0. The molecule has 47 heteroatoms. The molecule has 6 heterocycles. The van der Waals surface area contributed by atoms with E-state index in [4.69, 9.17) is 65.6 Å². The molecule has 14 N–H and O–H groups in total. The Kier molecular flexibility index (Phi) is 19.1. The first-order chi connectivity index (χ1) is 32.6. The number of hydrogen-bond donors (Lipinski definition) is 11. The van der Waals surface area contributed by atoms with Crippen LogP contribution in [0.25, 0.3) is 22.3 Å². The number of amides is 1. The molecule has 14 atom stereocenters. The van der Waals surface area contributed by atoms with Gasteiger partial charge in [0.05, 0.1) is 25.9 Å². The van der Waals surface area contributed by atoms with Gasteiger partial charge in [-0.25, -0.2) is 37.2 Å². The predicted molar refractivity (Wildman–Crippen MR) is 218 cm³/mol. The SMILES string of the molecule is NCCNC(=O)CO[C@H]1C(O)[C@@H](COP(=O)([O-])OP(=O)([O-])OP(=O)([O-])O)O[C@H]1n1cnc2c(=S)nc(N)[nH]c21.Nc1nc(=S)c2ncn([C@@H]3O[C@H](COP(=O)([O-])OP(=O)([O-])OP(=O)([O-])O)C(O)[C@@H]3O)c2[nH]1. The van der Waals surface area contributed by atoms with Crippen molar-refractivity contribution in [2.24, 2.45) is 5.73 Å². The van der Waals surface area contributed by atoms with Crippen molar-refractivity contribution in [3.05, 3.63) is 21.9 Å². The van der Waals surface area contributed by atoms with E-state index in [2.05, 4.69) is 61.5 Å². The van der Waals surface area contributed by atoms with Crippen molar-refractivity contribution in [1.82, 2.24) is 44.4 Å². The Morgan fingerprint density at radius 3 is 1.56 bits per heavy atom. The van der Waals surface area contributed by atoms with Gasteiger partial charge in [0, 0.05) is 13.1 Å². The van der Waals surface area contributed by atoms with Crippen LogP contribution in [-0.4, -0.2) is 140 Å². The van der Waals surface area contributed by atoms with E-state index in [1.807, 2.05) is 0 Å². The molecule has 0 aromatic carbocycles. The number of nitrogen functional groups attached to an aromatic ring is 2. The van der Waals surface area contributed by atoms with Crippen LogP contribution in [-0.2, 0) is 72.7 Å². The molecular weight excluding hydrogens is 1140 g/mol. The number of ether oxygens (including phenoxy) is 3. The van der Waals surface area contributed by atoms with E-state index in [9.17, 15) is 76.9 Å². The van der Waals surface area contributed by atoms with E-state index in [1.165, 1.54) is 21.8 Å². The van der Waals surface area contributed by atoms with Crippen molar-refractivity contribution >= 4 is 112 Å². The normalized spacial score (nSPS) is 27.6. The number of H-pyrrole nitrogens is 2. The number of phosphoric ester groups is 2. The van der Waals surface area contributed by atoms with Gasteiger partial charge in [0.2, 0.25) is 5.91 Å². The zero-order chi connectivity index (χ0) is 53.2. The van der Waals surface area contributed by atoms with E-state index in [0.29, 0.717) is 0 Å². The smallest absolute Gasteiger partial charge is 0.280 e. The Labute approximate surface area is 403 Å². The fourth-order valence-electron chi connectivity index (χ4n) is 5.99. The number of aromatic amines is 2. The molecule has 2 fully saturated rings. The molecule has 400 valence electrons. The highest BCUT2D eigenvalue weighted by Crippen LogP contribution is 2.62. The van der Waals surface area contributed by atoms with Gasteiger partial charge in [0.25, 0.3) is 46.9 Å². The monoisotopic (exact) mass is 1170 g/mol. The number of carbonyl (C=O) groups excluding carboxylic acids is 1. The van der Waals surface area contributed by atoms with Crippen LogP contribution < -0.4 is 51.9 Å². The summed E-state index contributed by atoms with van der Waals surface area (Å²) in [6.45, 7) is -2.50. The van der Waals surface area contributed by atoms with Crippen molar-refractivity contribution in [3.63, 3.8) is 0 Å². The maximum atomic E-state index is 12.0. The fourth-order valence-corrected chi connectivity index (χ4v) is 12.3. The third kappa shape index (κ3) is 16.3. The zero-order valence-corrected chi connectivity index (χ0v) is 41.4. The summed E-state index contributed by atoms with van der Waals surface area (Å²) < 4.78 is 108. The van der Waals surface area contributed by atoms with E-state index in [0.717, 1.165) is 0 Å². The van der Waals surface area contributed by atoms with Crippen LogP contribution in [0, 0.1) is 9.28 Å². The molecule has 8 unspecified atom stereocenters. The number of aliphatic hydroxyl groups excluding tert-OH is 3. The predicted octanol–water partition coefficient (Wildman–Crippen LogP) is -6.63. The number of nitrogens with zero attached hydrogens (tertiary/aromatic N) is 6. The average molecular weight is 1170 g/mol. The number of rotatable bonds is 21. The number of phosphoric acid groups is 6. The highest BCUT2D eigenvalue weighted by Gasteiger charge is 2.48. The van der Waals surface area contributed by atoms with Gasteiger partial charge in [-0.15, -0.1) is 0 Å². The molecule has 0 radical (unpaired) electrons. The topological polar surface area (TPSA) is 625 Å². The Morgan fingerprint density at radius 2 is 1.13 bits per heavy atom. The number of aliphatic hydroxyl groups is 3. The van der Waals surface area contributed by atoms with Gasteiger partial charge >= 0.3 is 0 Å². The van der Waals surface area contributed by atoms with Gasteiger partial charge in [0.1, 0.15) is 65.6 Å². The summed E-state index contributed by atoms with van der Waals surface area (Å²) in [7, 11) is -35.7. The third-order valence-electron chi connectivity index (χ3n) is 8.60. The summed E-state index contributed by atoms with van der Waals surface area (Å²) in [5.41, 5.74) is 17.3. The number of nitrogens with two attached hydrogens (primary N) is 3. The largest absolute Gasteiger partial charge is 0.756 e. The Morgan fingerprint density at radius 1 is 0.704 bits per heavy atom. The molecule has 39 nitrogen and oxygen atoms in total. The minimum Gasteiger partial charge on any atom is -0.756 e. The Balaban J connectivity index is 0.000000269. The number of imidazole rings is 2. The molecule has 2 aliphatic rings. The van der Waals surface area contributed by atoms with Crippen molar-refractivity contribution in [2.75, 3.05) is 44.4 Å². The molecule has 4 aromatic heterocycles. The average Bonchev–Trinajstić information content (AvgIpc) is 3.96. The van der Waals surface area contributed by atoms with Gasteiger partial charge in [0.15, 0.2) is 33.6 Å². The molecule has 0 saturated carbocycles. The lowest BCUT2D eigenvalue weighted by molar-refractivity contribution is -0.254. The number of carbonyl (C=O) groups is 1. The van der Waals surface area contributed by atoms with Gasteiger partial charge in [-0.1, -0.05) is 24.4 Å². The maximum absolute atomic E-state index is 12.0. The first-order valence-electron chi connectivity index (χ1n) is 18.4. The van der Waals surface area contributed by atoms with Gasteiger partial charge in [-0.05, 0) is 0 Å². The molecule has 0 bridgehead atoms. The van der Waals surface area contributed by atoms with Crippen molar-refractivity contribution in [1.29, 1.82) is 0 Å². The molecular formula is C24H34N12O27P6S2-6. The van der Waals surface area contributed by atoms with Crippen LogP contribution >= 0.6 is 71.4 Å². The lowest BCUT2D eigenvalue weighted by Crippen LogP contribution is -2.39. The van der Waals surface area contributed by atoms with E-state index in [-0.39, 0.29) is 56.6 Å². The van der Waals surface area contributed by atoms with E-state index >= 15 is 0 Å². The second-order valence-electron chi connectivity index (χ2n) is 13.7. The van der Waals surface area contributed by atoms with Crippen LogP contribution in [0.15, 0.2) is 12.7 Å². The lowest BCUT2D eigenvalue weighted by atomic mass is 10.1. The summed E-state index contributed by atoms with van der Waals surface area (Å²) in [4.78, 5) is 117. The Hall–Kier alpha value is -2.85. The summed E-state index contributed by atoms with van der Waals surface area (Å²) in [6.07, 6.45) is -9.93. The number of aromatic nitrogens is 8. The first-order valence-corrected chi connectivity index (χ1v) is 28.1. The highest BCUT2D eigenvalue weighted by molar-refractivity contribution is 7.71. The zero-order valence-electron chi connectivity index (χ0n) is 34.4. The molecule has 6 rings (SSSR count). The van der Waals surface area contributed by atoms with Crippen LogP contribution in [0.2, 0.25) is 0 Å². The second-order valence-corrected chi connectivity index (χ2v) is 23.1. The summed E-state index contributed by atoms with van der Waals surface area (Å²) >= 11 is 10.1. The maximum Gasteiger partial charge on any atom is 0.280 e.